The Morgan fingerprint density at radius 3 is 2.21 bits per heavy atom. The minimum atomic E-state index is -0.692. The minimum absolute atomic E-state index is 0.231. The molecule has 0 aromatic heterocycles. The highest BCUT2D eigenvalue weighted by Crippen LogP contribution is 2.42. The van der Waals surface area contributed by atoms with E-state index in [9.17, 15) is 9.32 Å². The third kappa shape index (κ3) is 2.63. The number of aryl methyl sites for hydroxylation is 2. The van der Waals surface area contributed by atoms with Gasteiger partial charge in [0.1, 0.15) is 0 Å². The summed E-state index contributed by atoms with van der Waals surface area (Å²) in [5.74, 6) is 0. The van der Waals surface area contributed by atoms with Gasteiger partial charge in [-0.15, -0.1) is 0 Å². The van der Waals surface area contributed by atoms with Crippen LogP contribution in [0.2, 0.25) is 0 Å². The minimum Gasteiger partial charge on any atom is -0.389 e. The van der Waals surface area contributed by atoms with Crippen LogP contribution in [0, 0.1) is 13.8 Å². The highest BCUT2D eigenvalue weighted by Gasteiger charge is 2.47. The van der Waals surface area contributed by atoms with E-state index in [1.165, 1.54) is 16.7 Å². The summed E-state index contributed by atoms with van der Waals surface area (Å²) in [7, 11) is -0.692. The van der Waals surface area contributed by atoms with E-state index >= 15 is 0 Å². The van der Waals surface area contributed by atoms with Crippen molar-refractivity contribution in [2.45, 2.75) is 62.1 Å². The van der Waals surface area contributed by atoms with Gasteiger partial charge in [-0.2, -0.15) is 0 Å². The Morgan fingerprint density at radius 1 is 1.16 bits per heavy atom. The maximum atomic E-state index is 12.0. The monoisotopic (exact) mass is 278 g/mol. The highest BCUT2D eigenvalue weighted by molar-refractivity contribution is 7.86. The van der Waals surface area contributed by atoms with E-state index in [0.717, 1.165) is 12.8 Å². The van der Waals surface area contributed by atoms with Crippen molar-refractivity contribution in [3.8, 4) is 0 Å². The molecule has 0 radical (unpaired) electrons. The Labute approximate surface area is 117 Å². The zero-order valence-electron chi connectivity index (χ0n) is 11.7. The van der Waals surface area contributed by atoms with Crippen LogP contribution in [0.1, 0.15) is 42.4 Å². The van der Waals surface area contributed by atoms with Crippen molar-refractivity contribution < 1.29 is 9.32 Å². The Balaban J connectivity index is 1.81. The van der Waals surface area contributed by atoms with E-state index in [0.29, 0.717) is 19.3 Å². The summed E-state index contributed by atoms with van der Waals surface area (Å²) in [4.78, 5) is 0. The molecule has 2 saturated heterocycles. The van der Waals surface area contributed by atoms with E-state index < -0.39 is 16.4 Å². The number of hydrogen-bond donors (Lipinski definition) is 1. The molecule has 3 heteroatoms. The van der Waals surface area contributed by atoms with E-state index in [1.54, 1.807) is 0 Å². The molecule has 2 aliphatic heterocycles. The highest BCUT2D eigenvalue weighted by atomic mass is 32.2. The van der Waals surface area contributed by atoms with Gasteiger partial charge in [-0.05, 0) is 45.1 Å². The first-order valence-electron chi connectivity index (χ1n) is 7.14. The van der Waals surface area contributed by atoms with Crippen molar-refractivity contribution in [2.24, 2.45) is 0 Å². The van der Waals surface area contributed by atoms with Gasteiger partial charge in [0.15, 0.2) is 0 Å². The first-order chi connectivity index (χ1) is 8.95. The molecule has 1 aromatic carbocycles. The molecule has 2 unspecified atom stereocenters. The molecular weight excluding hydrogens is 256 g/mol. The molecule has 0 spiro atoms. The first-order valence-corrected chi connectivity index (χ1v) is 8.42. The Hall–Kier alpha value is -0.670. The van der Waals surface area contributed by atoms with Crippen molar-refractivity contribution in [3.05, 3.63) is 34.9 Å². The van der Waals surface area contributed by atoms with E-state index in [-0.39, 0.29) is 10.5 Å². The predicted octanol–water partition coefficient (Wildman–Crippen LogP) is 2.65. The van der Waals surface area contributed by atoms with Gasteiger partial charge in [0.05, 0.1) is 5.60 Å². The predicted molar refractivity (Wildman–Crippen MR) is 78.8 cm³/mol. The molecular formula is C16H22O2S. The Morgan fingerprint density at radius 2 is 1.68 bits per heavy atom. The lowest BCUT2D eigenvalue weighted by Gasteiger charge is -2.36. The largest absolute Gasteiger partial charge is 0.389 e. The molecule has 104 valence electrons. The molecule has 2 aliphatic rings. The van der Waals surface area contributed by atoms with Gasteiger partial charge in [0.2, 0.25) is 0 Å². The fourth-order valence-corrected chi connectivity index (χ4v) is 6.10. The van der Waals surface area contributed by atoms with Crippen molar-refractivity contribution >= 4 is 10.8 Å². The summed E-state index contributed by atoms with van der Waals surface area (Å²) in [5, 5.41) is 11.3. The molecule has 2 fully saturated rings. The van der Waals surface area contributed by atoms with Gasteiger partial charge in [-0.25, -0.2) is 0 Å². The molecule has 1 aromatic rings. The van der Waals surface area contributed by atoms with Crippen LogP contribution < -0.4 is 0 Å². The second-order valence-electron chi connectivity index (χ2n) is 6.46. The van der Waals surface area contributed by atoms with Gasteiger partial charge in [-0.1, -0.05) is 29.3 Å². The number of fused-ring (bicyclic) bond motifs is 2. The van der Waals surface area contributed by atoms with Gasteiger partial charge >= 0.3 is 0 Å². The molecule has 2 atom stereocenters. The van der Waals surface area contributed by atoms with Crippen molar-refractivity contribution in [2.75, 3.05) is 0 Å². The Kier molecular flexibility index (Phi) is 3.30. The van der Waals surface area contributed by atoms with Crippen LogP contribution in [-0.4, -0.2) is 25.4 Å². The second-order valence-corrected chi connectivity index (χ2v) is 8.45. The quantitative estimate of drug-likeness (QED) is 0.903. The van der Waals surface area contributed by atoms with Gasteiger partial charge in [-0.3, -0.25) is 4.21 Å². The van der Waals surface area contributed by atoms with Crippen LogP contribution in [0.4, 0.5) is 0 Å². The van der Waals surface area contributed by atoms with Gasteiger partial charge in [0.25, 0.3) is 0 Å². The number of hydrogen-bond acceptors (Lipinski definition) is 2. The first kappa shape index (κ1) is 13.3. The number of aliphatic hydroxyl groups is 1. The SMILES string of the molecule is Cc1cc(C)cc(CC2(O)CC3CCC(C2)S3=O)c1. The van der Waals surface area contributed by atoms with Crippen molar-refractivity contribution in [3.63, 3.8) is 0 Å². The third-order valence-corrected chi connectivity index (χ3v) is 6.62. The second kappa shape index (κ2) is 4.71. The summed E-state index contributed by atoms with van der Waals surface area (Å²) < 4.78 is 12.0. The molecule has 3 rings (SSSR count). The fraction of sp³-hybridized carbons (Fsp3) is 0.625. The zero-order chi connectivity index (χ0) is 13.6. The summed E-state index contributed by atoms with van der Waals surface area (Å²) in [5.41, 5.74) is 3.08. The lowest BCUT2D eigenvalue weighted by molar-refractivity contribution is 0.0230. The number of rotatable bonds is 2. The number of benzene rings is 1. The average molecular weight is 278 g/mol. The van der Waals surface area contributed by atoms with Crippen molar-refractivity contribution in [1.82, 2.24) is 0 Å². The average Bonchev–Trinajstić information content (AvgIpc) is 2.53. The van der Waals surface area contributed by atoms with E-state index in [1.807, 2.05) is 0 Å². The van der Waals surface area contributed by atoms with Gasteiger partial charge in [0, 0.05) is 27.7 Å². The third-order valence-electron chi connectivity index (χ3n) is 4.50. The molecule has 2 bridgehead atoms. The lowest BCUT2D eigenvalue weighted by Crippen LogP contribution is -2.44. The molecule has 2 heterocycles. The van der Waals surface area contributed by atoms with Gasteiger partial charge < -0.3 is 5.11 Å². The molecule has 2 nitrogen and oxygen atoms in total. The summed E-state index contributed by atoms with van der Waals surface area (Å²) >= 11 is 0. The van der Waals surface area contributed by atoms with Crippen LogP contribution in [0.5, 0.6) is 0 Å². The maximum absolute atomic E-state index is 12.0. The normalized spacial score (nSPS) is 37.5. The lowest BCUT2D eigenvalue weighted by atomic mass is 9.86. The Bertz CT molecular complexity index is 487. The van der Waals surface area contributed by atoms with Crippen molar-refractivity contribution in [1.29, 1.82) is 0 Å². The van der Waals surface area contributed by atoms with Crippen LogP contribution in [0.3, 0.4) is 0 Å². The van der Waals surface area contributed by atoms with Crippen LogP contribution in [0.25, 0.3) is 0 Å². The summed E-state index contributed by atoms with van der Waals surface area (Å²) in [6.45, 7) is 4.19. The summed E-state index contributed by atoms with van der Waals surface area (Å²) in [6, 6.07) is 6.49. The standard InChI is InChI=1S/C16H22O2S/c1-11-5-12(2)7-13(6-11)8-16(17)9-14-3-4-15(10-16)19(14)18/h5-7,14-15,17H,3-4,8-10H2,1-2H3. The van der Waals surface area contributed by atoms with E-state index in [4.69, 9.17) is 0 Å². The molecule has 0 aliphatic carbocycles. The molecule has 19 heavy (non-hydrogen) atoms. The van der Waals surface area contributed by atoms with Crippen LogP contribution in [-0.2, 0) is 17.2 Å². The topological polar surface area (TPSA) is 37.3 Å². The molecule has 0 saturated carbocycles. The molecule has 0 amide bonds. The molecule has 1 N–H and O–H groups in total. The maximum Gasteiger partial charge on any atom is 0.0710 e. The van der Waals surface area contributed by atoms with E-state index in [2.05, 4.69) is 32.0 Å². The summed E-state index contributed by atoms with van der Waals surface area (Å²) in [6.07, 6.45) is 4.20. The smallest absolute Gasteiger partial charge is 0.0710 e. The van der Waals surface area contributed by atoms with Crippen LogP contribution in [0.15, 0.2) is 18.2 Å². The zero-order valence-corrected chi connectivity index (χ0v) is 12.5. The van der Waals surface area contributed by atoms with Crippen LogP contribution >= 0.6 is 0 Å². The fourth-order valence-electron chi connectivity index (χ4n) is 3.87.